The molecule has 1 aromatic heterocycles. The first-order valence-corrected chi connectivity index (χ1v) is 5.94. The summed E-state index contributed by atoms with van der Waals surface area (Å²) in [5.41, 5.74) is -0.152. The van der Waals surface area contributed by atoms with Crippen molar-refractivity contribution < 1.29 is 9.50 Å². The van der Waals surface area contributed by atoms with Crippen LogP contribution in [0.15, 0.2) is 42.7 Å². The number of pyridine rings is 1. The molecule has 1 atom stereocenters. The Kier molecular flexibility index (Phi) is 3.64. The van der Waals surface area contributed by atoms with Crippen LogP contribution in [0.2, 0.25) is 5.02 Å². The van der Waals surface area contributed by atoms with Crippen LogP contribution in [-0.2, 0) is 12.0 Å². The molecule has 1 unspecified atom stereocenters. The molecule has 1 aromatic carbocycles. The maximum atomic E-state index is 13.6. The maximum Gasteiger partial charge on any atom is 0.126 e. The van der Waals surface area contributed by atoms with Crippen molar-refractivity contribution in [1.29, 1.82) is 0 Å². The zero-order valence-corrected chi connectivity index (χ0v) is 10.7. The molecule has 0 aliphatic rings. The number of hydrogen-bond donors (Lipinski definition) is 1. The Hall–Kier alpha value is -1.45. The maximum absolute atomic E-state index is 13.6. The standard InChI is InChI=1S/C14H13ClFNO/c1-14(18,11-3-2-6-17-9-11)8-10-7-12(15)4-5-13(10)16/h2-7,9,18H,8H2,1H3. The molecule has 18 heavy (non-hydrogen) atoms. The van der Waals surface area contributed by atoms with E-state index < -0.39 is 5.60 Å². The van der Waals surface area contributed by atoms with E-state index in [9.17, 15) is 9.50 Å². The van der Waals surface area contributed by atoms with Crippen molar-refractivity contribution >= 4 is 11.6 Å². The number of nitrogens with zero attached hydrogens (tertiary/aromatic N) is 1. The zero-order chi connectivity index (χ0) is 13.2. The van der Waals surface area contributed by atoms with Gasteiger partial charge < -0.3 is 5.11 Å². The van der Waals surface area contributed by atoms with Gasteiger partial charge in [0.15, 0.2) is 0 Å². The summed E-state index contributed by atoms with van der Waals surface area (Å²) in [4.78, 5) is 3.95. The van der Waals surface area contributed by atoms with E-state index in [2.05, 4.69) is 4.98 Å². The molecule has 0 radical (unpaired) electrons. The van der Waals surface area contributed by atoms with Crippen LogP contribution in [0.5, 0.6) is 0 Å². The topological polar surface area (TPSA) is 33.1 Å². The minimum atomic E-state index is -1.18. The minimum Gasteiger partial charge on any atom is -0.385 e. The van der Waals surface area contributed by atoms with Gasteiger partial charge in [0.2, 0.25) is 0 Å². The number of hydrogen-bond acceptors (Lipinski definition) is 2. The Bertz CT molecular complexity index is 543. The molecule has 0 aliphatic heterocycles. The summed E-state index contributed by atoms with van der Waals surface area (Å²) in [5.74, 6) is -0.372. The average Bonchev–Trinajstić information content (AvgIpc) is 2.35. The fourth-order valence-electron chi connectivity index (χ4n) is 1.83. The minimum absolute atomic E-state index is 0.144. The van der Waals surface area contributed by atoms with E-state index in [1.807, 2.05) is 0 Å². The van der Waals surface area contributed by atoms with Gasteiger partial charge in [-0.1, -0.05) is 17.7 Å². The zero-order valence-electron chi connectivity index (χ0n) is 9.90. The van der Waals surface area contributed by atoms with Crippen molar-refractivity contribution in [3.05, 3.63) is 64.7 Å². The van der Waals surface area contributed by atoms with Gasteiger partial charge in [-0.05, 0) is 36.8 Å². The molecule has 4 heteroatoms. The summed E-state index contributed by atoms with van der Waals surface area (Å²) in [7, 11) is 0. The lowest BCUT2D eigenvalue weighted by atomic mass is 9.90. The van der Waals surface area contributed by atoms with Crippen LogP contribution >= 0.6 is 11.6 Å². The molecule has 0 amide bonds. The normalized spacial score (nSPS) is 14.2. The highest BCUT2D eigenvalue weighted by Gasteiger charge is 2.25. The number of aliphatic hydroxyl groups is 1. The Balaban J connectivity index is 2.30. The van der Waals surface area contributed by atoms with Gasteiger partial charge in [0.05, 0.1) is 5.60 Å². The smallest absolute Gasteiger partial charge is 0.126 e. The highest BCUT2D eigenvalue weighted by Crippen LogP contribution is 2.27. The van der Waals surface area contributed by atoms with E-state index >= 15 is 0 Å². The number of rotatable bonds is 3. The molecule has 0 saturated heterocycles. The summed E-state index contributed by atoms with van der Waals surface area (Å²) in [5, 5.41) is 10.9. The first-order chi connectivity index (χ1) is 8.49. The number of halogens is 2. The molecule has 0 saturated carbocycles. The van der Waals surface area contributed by atoms with Crippen LogP contribution in [0.3, 0.4) is 0 Å². The molecule has 2 rings (SSSR count). The lowest BCUT2D eigenvalue weighted by molar-refractivity contribution is 0.0563. The van der Waals surface area contributed by atoms with Crippen LogP contribution in [-0.4, -0.2) is 10.1 Å². The summed E-state index contributed by atoms with van der Waals surface area (Å²) < 4.78 is 13.6. The molecule has 0 bridgehead atoms. The second-order valence-corrected chi connectivity index (χ2v) is 4.86. The van der Waals surface area contributed by atoms with E-state index in [0.717, 1.165) is 0 Å². The Morgan fingerprint density at radius 2 is 2.17 bits per heavy atom. The average molecular weight is 266 g/mol. The third-order valence-electron chi connectivity index (χ3n) is 2.83. The molecule has 1 N–H and O–H groups in total. The van der Waals surface area contributed by atoms with Crippen molar-refractivity contribution in [3.63, 3.8) is 0 Å². The third-order valence-corrected chi connectivity index (χ3v) is 3.06. The van der Waals surface area contributed by atoms with E-state index in [1.54, 1.807) is 31.5 Å². The van der Waals surface area contributed by atoms with Crippen molar-refractivity contribution in [2.24, 2.45) is 0 Å². The highest BCUT2D eigenvalue weighted by molar-refractivity contribution is 6.30. The number of benzene rings is 1. The third kappa shape index (κ3) is 2.86. The molecule has 0 aliphatic carbocycles. The molecule has 1 heterocycles. The summed E-state index contributed by atoms with van der Waals surface area (Å²) in [6.45, 7) is 1.63. The summed E-state index contributed by atoms with van der Waals surface area (Å²) in [6, 6.07) is 7.81. The van der Waals surface area contributed by atoms with E-state index in [4.69, 9.17) is 11.6 Å². The van der Waals surface area contributed by atoms with Crippen LogP contribution in [0.1, 0.15) is 18.1 Å². The van der Waals surface area contributed by atoms with Gasteiger partial charge in [0.1, 0.15) is 5.82 Å². The SMILES string of the molecule is CC(O)(Cc1cc(Cl)ccc1F)c1cccnc1. The summed E-state index contributed by atoms with van der Waals surface area (Å²) >= 11 is 5.83. The quantitative estimate of drug-likeness (QED) is 0.923. The van der Waals surface area contributed by atoms with Gasteiger partial charge in [-0.2, -0.15) is 0 Å². The van der Waals surface area contributed by atoms with E-state index in [0.29, 0.717) is 16.1 Å². The van der Waals surface area contributed by atoms with Crippen molar-refractivity contribution in [3.8, 4) is 0 Å². The fraction of sp³-hybridized carbons (Fsp3) is 0.214. The van der Waals surface area contributed by atoms with Crippen molar-refractivity contribution in [2.45, 2.75) is 18.9 Å². The molecule has 94 valence electrons. The van der Waals surface area contributed by atoms with E-state index in [1.165, 1.54) is 18.2 Å². The van der Waals surface area contributed by atoms with E-state index in [-0.39, 0.29) is 12.2 Å². The highest BCUT2D eigenvalue weighted by atomic mass is 35.5. The monoisotopic (exact) mass is 265 g/mol. The van der Waals surface area contributed by atoms with Crippen molar-refractivity contribution in [2.75, 3.05) is 0 Å². The summed E-state index contributed by atoms with van der Waals surface area (Å²) in [6.07, 6.45) is 3.34. The lowest BCUT2D eigenvalue weighted by Gasteiger charge is -2.23. The first-order valence-electron chi connectivity index (χ1n) is 5.56. The van der Waals surface area contributed by atoms with Gasteiger partial charge in [-0.15, -0.1) is 0 Å². The largest absolute Gasteiger partial charge is 0.385 e. The lowest BCUT2D eigenvalue weighted by Crippen LogP contribution is -2.25. The number of aromatic nitrogens is 1. The molecular weight excluding hydrogens is 253 g/mol. The Labute approximate surface area is 110 Å². The van der Waals surface area contributed by atoms with Gasteiger partial charge in [0.25, 0.3) is 0 Å². The Morgan fingerprint density at radius 3 is 2.83 bits per heavy atom. The Morgan fingerprint density at radius 1 is 1.39 bits per heavy atom. The second kappa shape index (κ2) is 5.04. The van der Waals surface area contributed by atoms with Crippen LogP contribution in [0.25, 0.3) is 0 Å². The van der Waals surface area contributed by atoms with Crippen LogP contribution < -0.4 is 0 Å². The molecule has 0 fully saturated rings. The predicted molar refractivity (Wildman–Crippen MR) is 68.9 cm³/mol. The second-order valence-electron chi connectivity index (χ2n) is 4.43. The molecule has 0 spiro atoms. The molecule has 2 nitrogen and oxygen atoms in total. The van der Waals surface area contributed by atoms with Gasteiger partial charge in [-0.25, -0.2) is 4.39 Å². The van der Waals surface area contributed by atoms with Gasteiger partial charge in [0, 0.05) is 29.4 Å². The van der Waals surface area contributed by atoms with Crippen molar-refractivity contribution in [1.82, 2.24) is 4.98 Å². The van der Waals surface area contributed by atoms with Crippen LogP contribution in [0, 0.1) is 5.82 Å². The first kappa shape index (κ1) is 13.0. The predicted octanol–water partition coefficient (Wildman–Crippen LogP) is 3.32. The molecular formula is C14H13ClFNO. The van der Waals surface area contributed by atoms with Crippen LogP contribution in [0.4, 0.5) is 4.39 Å². The van der Waals surface area contributed by atoms with Gasteiger partial charge in [-0.3, -0.25) is 4.98 Å². The molecule has 2 aromatic rings. The fourth-order valence-corrected chi connectivity index (χ4v) is 2.03. The van der Waals surface area contributed by atoms with Gasteiger partial charge >= 0.3 is 0 Å².